The van der Waals surface area contributed by atoms with E-state index in [4.69, 9.17) is 0 Å². The van der Waals surface area contributed by atoms with Gasteiger partial charge < -0.3 is 5.11 Å². The van der Waals surface area contributed by atoms with Gasteiger partial charge in [-0.2, -0.15) is 0 Å². The second kappa shape index (κ2) is 4.97. The molecule has 0 amide bonds. The van der Waals surface area contributed by atoms with Gasteiger partial charge in [-0.05, 0) is 37.5 Å². The van der Waals surface area contributed by atoms with Crippen molar-refractivity contribution in [2.75, 3.05) is 0 Å². The summed E-state index contributed by atoms with van der Waals surface area (Å²) in [7, 11) is 0. The Bertz CT molecular complexity index is 307. The Labute approximate surface area is 107 Å². The molecule has 1 fully saturated rings. The minimum absolute atomic E-state index is 0.144. The topological polar surface area (TPSA) is 20.2 Å². The van der Waals surface area contributed by atoms with Crippen LogP contribution in [0.4, 0.5) is 0 Å². The molecule has 1 rings (SSSR count). The van der Waals surface area contributed by atoms with Gasteiger partial charge in [0.15, 0.2) is 0 Å². The van der Waals surface area contributed by atoms with Crippen LogP contribution in [-0.2, 0) is 0 Å². The van der Waals surface area contributed by atoms with Crippen LogP contribution in [0.15, 0.2) is 24.3 Å². The van der Waals surface area contributed by atoms with Crippen LogP contribution in [0.1, 0.15) is 53.9 Å². The molecule has 0 radical (unpaired) electrons. The van der Waals surface area contributed by atoms with Gasteiger partial charge in [0.2, 0.25) is 0 Å². The lowest BCUT2D eigenvalue weighted by Gasteiger charge is -2.39. The maximum absolute atomic E-state index is 9.72. The molecule has 0 aliphatic heterocycles. The van der Waals surface area contributed by atoms with Gasteiger partial charge in [0.25, 0.3) is 0 Å². The highest BCUT2D eigenvalue weighted by Gasteiger charge is 2.34. The number of rotatable bonds is 3. The predicted octanol–water partition coefficient (Wildman–Crippen LogP) is 4.33. The maximum atomic E-state index is 9.72. The van der Waals surface area contributed by atoms with Gasteiger partial charge in [-0.3, -0.25) is 0 Å². The summed E-state index contributed by atoms with van der Waals surface area (Å²) in [5.41, 5.74) is 1.42. The molecule has 1 nitrogen and oxygen atoms in total. The number of allylic oxidation sites excluding steroid dienone is 2. The molecular weight excluding hydrogens is 208 g/mol. The average Bonchev–Trinajstić information content (AvgIpc) is 2.20. The molecule has 0 aromatic rings. The highest BCUT2D eigenvalue weighted by atomic mass is 16.3. The molecule has 0 spiro atoms. The molecule has 0 saturated heterocycles. The van der Waals surface area contributed by atoms with Crippen LogP contribution in [0.25, 0.3) is 0 Å². The van der Waals surface area contributed by atoms with Crippen LogP contribution in [0.3, 0.4) is 0 Å². The third-order valence-corrected chi connectivity index (χ3v) is 4.67. The molecular formula is C16H28O. The quantitative estimate of drug-likeness (QED) is 0.723. The largest absolute Gasteiger partial charge is 0.393 e. The van der Waals surface area contributed by atoms with E-state index in [1.165, 1.54) is 18.4 Å². The van der Waals surface area contributed by atoms with E-state index < -0.39 is 0 Å². The summed E-state index contributed by atoms with van der Waals surface area (Å²) in [4.78, 5) is 0. The predicted molar refractivity (Wildman–Crippen MR) is 74.9 cm³/mol. The molecule has 98 valence electrons. The molecule has 1 aliphatic carbocycles. The first-order valence-corrected chi connectivity index (χ1v) is 6.73. The summed E-state index contributed by atoms with van der Waals surface area (Å²) in [5, 5.41) is 9.72. The first-order chi connectivity index (χ1) is 7.68. The van der Waals surface area contributed by atoms with Crippen molar-refractivity contribution in [3.05, 3.63) is 24.3 Å². The molecule has 0 bridgehead atoms. The van der Waals surface area contributed by atoms with Gasteiger partial charge in [0.1, 0.15) is 0 Å². The van der Waals surface area contributed by atoms with E-state index in [9.17, 15) is 5.11 Å². The molecule has 1 unspecified atom stereocenters. The van der Waals surface area contributed by atoms with Crippen LogP contribution in [0, 0.1) is 16.7 Å². The lowest BCUT2D eigenvalue weighted by molar-refractivity contribution is 0.0986. The van der Waals surface area contributed by atoms with E-state index in [0.29, 0.717) is 5.92 Å². The van der Waals surface area contributed by atoms with Crippen molar-refractivity contribution in [3.8, 4) is 0 Å². The van der Waals surface area contributed by atoms with E-state index in [2.05, 4.69) is 46.4 Å². The minimum atomic E-state index is -0.311. The monoisotopic (exact) mass is 236 g/mol. The van der Waals surface area contributed by atoms with Crippen molar-refractivity contribution in [1.29, 1.82) is 0 Å². The number of aliphatic hydroxyl groups excluding tert-OH is 1. The van der Waals surface area contributed by atoms with Crippen LogP contribution < -0.4 is 0 Å². The van der Waals surface area contributed by atoms with E-state index >= 15 is 0 Å². The normalized spacial score (nSPS) is 27.4. The Hall–Kier alpha value is -0.560. The van der Waals surface area contributed by atoms with Crippen molar-refractivity contribution in [2.24, 2.45) is 16.7 Å². The molecule has 0 aromatic carbocycles. The highest BCUT2D eigenvalue weighted by Crippen LogP contribution is 2.44. The molecule has 1 saturated carbocycles. The Kier molecular flexibility index (Phi) is 4.24. The smallest absolute Gasteiger partial charge is 0.0597 e. The summed E-state index contributed by atoms with van der Waals surface area (Å²) in [6, 6.07) is 0. The third-order valence-electron chi connectivity index (χ3n) is 4.67. The van der Waals surface area contributed by atoms with Crippen molar-refractivity contribution in [1.82, 2.24) is 0 Å². The van der Waals surface area contributed by atoms with Gasteiger partial charge in [-0.1, -0.05) is 52.0 Å². The van der Waals surface area contributed by atoms with E-state index in [1.54, 1.807) is 0 Å². The van der Waals surface area contributed by atoms with Crippen LogP contribution in [0.2, 0.25) is 0 Å². The first-order valence-electron chi connectivity index (χ1n) is 6.73. The molecule has 17 heavy (non-hydrogen) atoms. The summed E-state index contributed by atoms with van der Waals surface area (Å²) in [6.45, 7) is 14.8. The van der Waals surface area contributed by atoms with Gasteiger partial charge in [-0.15, -0.1) is 0 Å². The van der Waals surface area contributed by atoms with Gasteiger partial charge >= 0.3 is 0 Å². The van der Waals surface area contributed by atoms with E-state index in [1.807, 2.05) is 6.92 Å². The van der Waals surface area contributed by atoms with Crippen molar-refractivity contribution >= 4 is 0 Å². The lowest BCUT2D eigenvalue weighted by Crippen LogP contribution is -2.30. The van der Waals surface area contributed by atoms with E-state index in [-0.39, 0.29) is 16.9 Å². The standard InChI is InChI=1S/C16H28O/c1-12-8-7-9-14(16(12,5)6)10-11-15(3,4)13(2)17/h10-11,13-14,17H,1,7-9H2,2-6H3/b11-10+/t13-,14?/m1/s1. The van der Waals surface area contributed by atoms with Crippen LogP contribution in [-0.4, -0.2) is 11.2 Å². The maximum Gasteiger partial charge on any atom is 0.0597 e. The fraction of sp³-hybridized carbons (Fsp3) is 0.750. The van der Waals surface area contributed by atoms with Crippen molar-refractivity contribution in [2.45, 2.75) is 60.0 Å². The second-order valence-electron chi connectivity index (χ2n) is 6.68. The Morgan fingerprint density at radius 1 is 1.47 bits per heavy atom. The fourth-order valence-electron chi connectivity index (χ4n) is 2.32. The molecule has 1 aliphatic rings. The zero-order valence-corrected chi connectivity index (χ0v) is 12.1. The average molecular weight is 236 g/mol. The van der Waals surface area contributed by atoms with Crippen molar-refractivity contribution < 1.29 is 5.11 Å². The molecule has 0 heterocycles. The molecule has 1 N–H and O–H groups in total. The second-order valence-corrected chi connectivity index (χ2v) is 6.68. The fourth-order valence-corrected chi connectivity index (χ4v) is 2.32. The number of hydrogen-bond acceptors (Lipinski definition) is 1. The number of aliphatic hydroxyl groups is 1. The minimum Gasteiger partial charge on any atom is -0.393 e. The van der Waals surface area contributed by atoms with Gasteiger partial charge in [-0.25, -0.2) is 0 Å². The SMILES string of the molecule is C=C1CCCC(/C=C/C(C)(C)[C@@H](C)O)C1(C)C. The third kappa shape index (κ3) is 3.22. The summed E-state index contributed by atoms with van der Waals surface area (Å²) in [6.07, 6.45) is 7.82. The highest BCUT2D eigenvalue weighted by molar-refractivity contribution is 5.17. The van der Waals surface area contributed by atoms with Crippen LogP contribution >= 0.6 is 0 Å². The van der Waals surface area contributed by atoms with Gasteiger partial charge in [0.05, 0.1) is 6.10 Å². The van der Waals surface area contributed by atoms with E-state index in [0.717, 1.165) is 6.42 Å². The zero-order chi connectivity index (χ0) is 13.3. The molecule has 0 aromatic heterocycles. The molecule has 1 heteroatoms. The zero-order valence-electron chi connectivity index (χ0n) is 12.1. The van der Waals surface area contributed by atoms with Gasteiger partial charge in [0, 0.05) is 5.41 Å². The molecule has 2 atom stereocenters. The summed E-state index contributed by atoms with van der Waals surface area (Å²) < 4.78 is 0. The Balaban J connectivity index is 2.80. The van der Waals surface area contributed by atoms with Crippen LogP contribution in [0.5, 0.6) is 0 Å². The Morgan fingerprint density at radius 3 is 2.59 bits per heavy atom. The first kappa shape index (κ1) is 14.5. The lowest BCUT2D eigenvalue weighted by atomic mass is 9.65. The number of hydrogen-bond donors (Lipinski definition) is 1. The summed E-state index contributed by atoms with van der Waals surface area (Å²) >= 11 is 0. The summed E-state index contributed by atoms with van der Waals surface area (Å²) in [5.74, 6) is 0.557. The van der Waals surface area contributed by atoms with Crippen molar-refractivity contribution in [3.63, 3.8) is 0 Å². The Morgan fingerprint density at radius 2 is 2.06 bits per heavy atom.